The summed E-state index contributed by atoms with van der Waals surface area (Å²) in [6, 6.07) is 7.40. The van der Waals surface area contributed by atoms with Crippen LogP contribution in [0.3, 0.4) is 0 Å². The van der Waals surface area contributed by atoms with Crippen molar-refractivity contribution >= 4 is 17.2 Å². The van der Waals surface area contributed by atoms with Crippen molar-refractivity contribution in [3.8, 4) is 23.1 Å². The van der Waals surface area contributed by atoms with E-state index in [0.717, 1.165) is 5.56 Å². The monoisotopic (exact) mass is 381 g/mol. The third-order valence-corrected chi connectivity index (χ3v) is 4.42. The number of carbonyl (C=O) groups is 1. The lowest BCUT2D eigenvalue weighted by Gasteiger charge is -2.03. The van der Waals surface area contributed by atoms with Gasteiger partial charge in [-0.15, -0.1) is 5.10 Å². The molecule has 10 heteroatoms. The minimum atomic E-state index is -0.0226. The standard InChI is InChI=1S/C17H15N7O2S/c25-15(9-12-4-8-27-11-12)19-6-7-24-10-14(21-23-24)17-20-16(22-26-17)13-3-1-2-5-18-13/h1-5,8,10-11H,6-7,9H2,(H,19,25). The van der Waals surface area contributed by atoms with Crippen LogP contribution >= 0.6 is 11.3 Å². The van der Waals surface area contributed by atoms with E-state index in [1.807, 2.05) is 29.0 Å². The molecule has 0 aromatic carbocycles. The number of nitrogens with one attached hydrogen (secondary N) is 1. The second-order valence-electron chi connectivity index (χ2n) is 5.66. The summed E-state index contributed by atoms with van der Waals surface area (Å²) < 4.78 is 6.85. The number of rotatable bonds is 7. The Morgan fingerprint density at radius 3 is 3.04 bits per heavy atom. The highest BCUT2D eigenvalue weighted by molar-refractivity contribution is 7.08. The van der Waals surface area contributed by atoms with Gasteiger partial charge in [0.05, 0.1) is 19.2 Å². The number of thiophene rings is 1. The minimum absolute atomic E-state index is 0.0226. The Hall–Kier alpha value is -3.40. The Balaban J connectivity index is 1.32. The fraction of sp³-hybridized carbons (Fsp3) is 0.176. The van der Waals surface area contributed by atoms with E-state index in [4.69, 9.17) is 4.52 Å². The van der Waals surface area contributed by atoms with Crippen molar-refractivity contribution in [1.29, 1.82) is 0 Å². The van der Waals surface area contributed by atoms with Crippen LogP contribution in [0.1, 0.15) is 5.56 Å². The molecule has 1 N–H and O–H groups in total. The number of amides is 1. The van der Waals surface area contributed by atoms with E-state index < -0.39 is 0 Å². The normalized spacial score (nSPS) is 10.8. The van der Waals surface area contributed by atoms with Crippen LogP contribution in [0.2, 0.25) is 0 Å². The molecule has 0 saturated carbocycles. The number of pyridine rings is 1. The molecular weight excluding hydrogens is 366 g/mol. The van der Waals surface area contributed by atoms with E-state index in [-0.39, 0.29) is 11.8 Å². The minimum Gasteiger partial charge on any atom is -0.354 e. The van der Waals surface area contributed by atoms with Crippen LogP contribution in [0.15, 0.2) is 51.9 Å². The van der Waals surface area contributed by atoms with Gasteiger partial charge in [0.15, 0.2) is 5.69 Å². The highest BCUT2D eigenvalue weighted by Crippen LogP contribution is 2.18. The SMILES string of the molecule is O=C(Cc1ccsc1)NCCn1cc(-c2nc(-c3ccccn3)no2)nn1. The molecule has 0 saturated heterocycles. The first-order valence-electron chi connectivity index (χ1n) is 8.21. The van der Waals surface area contributed by atoms with Crippen molar-refractivity contribution in [1.82, 2.24) is 35.4 Å². The Morgan fingerprint density at radius 2 is 2.22 bits per heavy atom. The van der Waals surface area contributed by atoms with Gasteiger partial charge in [-0.1, -0.05) is 16.4 Å². The largest absolute Gasteiger partial charge is 0.354 e. The van der Waals surface area contributed by atoms with Crippen LogP contribution in [0.4, 0.5) is 0 Å². The molecule has 136 valence electrons. The molecule has 4 rings (SSSR count). The third kappa shape index (κ3) is 4.23. The van der Waals surface area contributed by atoms with Crippen LogP contribution < -0.4 is 5.32 Å². The molecule has 27 heavy (non-hydrogen) atoms. The molecule has 0 spiro atoms. The van der Waals surface area contributed by atoms with Crippen molar-refractivity contribution in [2.45, 2.75) is 13.0 Å². The van der Waals surface area contributed by atoms with E-state index in [1.54, 1.807) is 34.5 Å². The zero-order valence-electron chi connectivity index (χ0n) is 14.1. The van der Waals surface area contributed by atoms with Crippen LogP contribution in [0.25, 0.3) is 23.1 Å². The molecule has 0 fully saturated rings. The fourth-order valence-corrected chi connectivity index (χ4v) is 3.05. The number of nitrogens with zero attached hydrogens (tertiary/aromatic N) is 6. The maximum absolute atomic E-state index is 11.9. The zero-order valence-corrected chi connectivity index (χ0v) is 15.0. The quantitative estimate of drug-likeness (QED) is 0.519. The van der Waals surface area contributed by atoms with Gasteiger partial charge in [-0.25, -0.2) is 4.68 Å². The van der Waals surface area contributed by atoms with Crippen molar-refractivity contribution in [3.05, 3.63) is 53.0 Å². The van der Waals surface area contributed by atoms with Gasteiger partial charge in [-0.2, -0.15) is 16.3 Å². The molecule has 1 amide bonds. The fourth-order valence-electron chi connectivity index (χ4n) is 2.38. The second-order valence-corrected chi connectivity index (χ2v) is 6.44. The van der Waals surface area contributed by atoms with Crippen LogP contribution in [0.5, 0.6) is 0 Å². The molecular formula is C17H15N7O2S. The smallest absolute Gasteiger partial charge is 0.280 e. The Labute approximate surface area is 158 Å². The molecule has 0 aliphatic heterocycles. The third-order valence-electron chi connectivity index (χ3n) is 3.69. The van der Waals surface area contributed by atoms with Crippen molar-refractivity contribution in [2.24, 2.45) is 0 Å². The van der Waals surface area contributed by atoms with E-state index in [2.05, 4.69) is 30.8 Å². The topological polar surface area (TPSA) is 112 Å². The summed E-state index contributed by atoms with van der Waals surface area (Å²) in [7, 11) is 0. The van der Waals surface area contributed by atoms with Crippen molar-refractivity contribution in [3.63, 3.8) is 0 Å². The van der Waals surface area contributed by atoms with Crippen LogP contribution in [0, 0.1) is 0 Å². The van der Waals surface area contributed by atoms with Gasteiger partial charge in [0, 0.05) is 12.7 Å². The number of hydrogen-bond acceptors (Lipinski definition) is 8. The number of hydrogen-bond donors (Lipinski definition) is 1. The van der Waals surface area contributed by atoms with Gasteiger partial charge in [0.2, 0.25) is 11.7 Å². The zero-order chi connectivity index (χ0) is 18.5. The first-order chi connectivity index (χ1) is 13.3. The van der Waals surface area contributed by atoms with E-state index >= 15 is 0 Å². The summed E-state index contributed by atoms with van der Waals surface area (Å²) in [5.74, 6) is 0.634. The highest BCUT2D eigenvalue weighted by atomic mass is 32.1. The van der Waals surface area contributed by atoms with Crippen molar-refractivity contribution in [2.75, 3.05) is 6.54 Å². The molecule has 0 aliphatic carbocycles. The molecule has 9 nitrogen and oxygen atoms in total. The average Bonchev–Trinajstić information content (AvgIpc) is 3.44. The van der Waals surface area contributed by atoms with Gasteiger partial charge in [0.1, 0.15) is 5.69 Å². The van der Waals surface area contributed by atoms with Gasteiger partial charge in [0.25, 0.3) is 5.89 Å². The van der Waals surface area contributed by atoms with E-state index in [9.17, 15) is 4.79 Å². The van der Waals surface area contributed by atoms with E-state index in [0.29, 0.717) is 36.7 Å². The number of aromatic nitrogens is 6. The van der Waals surface area contributed by atoms with Gasteiger partial charge >= 0.3 is 0 Å². The molecule has 0 bridgehead atoms. The summed E-state index contributed by atoms with van der Waals surface area (Å²) in [6.45, 7) is 0.943. The van der Waals surface area contributed by atoms with Crippen molar-refractivity contribution < 1.29 is 9.32 Å². The Kier molecular flexibility index (Phi) is 4.97. The van der Waals surface area contributed by atoms with Crippen LogP contribution in [-0.2, 0) is 17.8 Å². The Morgan fingerprint density at radius 1 is 1.26 bits per heavy atom. The molecule has 0 atom stereocenters. The summed E-state index contributed by atoms with van der Waals surface area (Å²) in [4.78, 5) is 20.3. The molecule has 0 aliphatic rings. The lowest BCUT2D eigenvalue weighted by molar-refractivity contribution is -0.120. The average molecular weight is 381 g/mol. The lowest BCUT2D eigenvalue weighted by atomic mass is 10.2. The Bertz CT molecular complexity index is 1010. The number of carbonyl (C=O) groups excluding carboxylic acids is 1. The summed E-state index contributed by atoms with van der Waals surface area (Å²) in [5, 5.41) is 18.8. The molecule has 0 radical (unpaired) electrons. The van der Waals surface area contributed by atoms with Gasteiger partial charge < -0.3 is 9.84 Å². The first kappa shape index (κ1) is 17.0. The maximum atomic E-state index is 11.9. The lowest BCUT2D eigenvalue weighted by Crippen LogP contribution is -2.28. The van der Waals surface area contributed by atoms with Crippen LogP contribution in [-0.4, -0.2) is 42.6 Å². The maximum Gasteiger partial charge on any atom is 0.280 e. The summed E-state index contributed by atoms with van der Waals surface area (Å²) >= 11 is 1.58. The van der Waals surface area contributed by atoms with Gasteiger partial charge in [-0.05, 0) is 34.5 Å². The second kappa shape index (κ2) is 7.87. The molecule has 4 aromatic rings. The first-order valence-corrected chi connectivity index (χ1v) is 9.15. The summed E-state index contributed by atoms with van der Waals surface area (Å²) in [5.41, 5.74) is 2.10. The molecule has 4 heterocycles. The predicted molar refractivity (Wildman–Crippen MR) is 97.6 cm³/mol. The van der Waals surface area contributed by atoms with Gasteiger partial charge in [-0.3, -0.25) is 9.78 Å². The highest BCUT2D eigenvalue weighted by Gasteiger charge is 2.14. The predicted octanol–water partition coefficient (Wildman–Crippen LogP) is 1.81. The molecule has 0 unspecified atom stereocenters. The van der Waals surface area contributed by atoms with E-state index in [1.165, 1.54) is 0 Å². The summed E-state index contributed by atoms with van der Waals surface area (Å²) in [6.07, 6.45) is 3.74. The molecule has 4 aromatic heterocycles.